The molecular weight excluding hydrogens is 347 g/mol. The number of hydrogen-bond donors (Lipinski definition) is 0. The van der Waals surface area contributed by atoms with Crippen molar-refractivity contribution >= 4 is 38.3 Å². The van der Waals surface area contributed by atoms with Gasteiger partial charge in [-0.05, 0) is 34.1 Å². The molecule has 100 valence electrons. The predicted molar refractivity (Wildman–Crippen MR) is 78.7 cm³/mol. The first-order valence-corrected chi connectivity index (χ1v) is 6.85. The molecule has 2 heterocycles. The van der Waals surface area contributed by atoms with Crippen LogP contribution in [0.2, 0.25) is 5.15 Å². The average molecular weight is 354 g/mol. The minimum absolute atomic E-state index is 0.0866. The Morgan fingerprint density at radius 1 is 1.15 bits per heavy atom. The molecule has 0 aliphatic rings. The Bertz CT molecular complexity index is 797. The van der Waals surface area contributed by atoms with E-state index in [0.717, 1.165) is 9.86 Å². The van der Waals surface area contributed by atoms with Crippen molar-refractivity contribution in [1.82, 2.24) is 9.97 Å². The second kappa shape index (κ2) is 5.34. The van der Waals surface area contributed by atoms with E-state index in [1.54, 1.807) is 30.6 Å². The summed E-state index contributed by atoms with van der Waals surface area (Å²) in [5, 5.41) is 1.58. The summed E-state index contributed by atoms with van der Waals surface area (Å²) in [5.74, 6) is -0.166. The summed E-state index contributed by atoms with van der Waals surface area (Å²) in [4.78, 5) is 8.15. The summed E-state index contributed by atoms with van der Waals surface area (Å²) in [7, 11) is 0. The van der Waals surface area contributed by atoms with E-state index in [-0.39, 0.29) is 16.8 Å². The van der Waals surface area contributed by atoms with Crippen molar-refractivity contribution in [2.24, 2.45) is 0 Å². The van der Waals surface area contributed by atoms with Gasteiger partial charge in [0.15, 0.2) is 11.6 Å². The van der Waals surface area contributed by atoms with Crippen LogP contribution in [0.1, 0.15) is 0 Å². The largest absolute Gasteiger partial charge is 0.435 e. The van der Waals surface area contributed by atoms with Gasteiger partial charge in [-0.3, -0.25) is 0 Å². The van der Waals surface area contributed by atoms with Crippen molar-refractivity contribution < 1.29 is 9.13 Å². The molecule has 6 heteroatoms. The minimum atomic E-state index is -0.467. The maximum atomic E-state index is 13.6. The van der Waals surface area contributed by atoms with Gasteiger partial charge in [0.2, 0.25) is 5.88 Å². The third-order valence-electron chi connectivity index (χ3n) is 2.71. The van der Waals surface area contributed by atoms with Crippen LogP contribution in [0.4, 0.5) is 4.39 Å². The molecule has 2 aromatic heterocycles. The highest BCUT2D eigenvalue weighted by Crippen LogP contribution is 2.35. The molecule has 3 rings (SSSR count). The lowest BCUT2D eigenvalue weighted by molar-refractivity contribution is 0.432. The second-order valence-electron chi connectivity index (χ2n) is 3.97. The maximum Gasteiger partial charge on any atom is 0.230 e. The van der Waals surface area contributed by atoms with Gasteiger partial charge < -0.3 is 4.74 Å². The molecule has 1 aromatic carbocycles. The number of aromatic nitrogens is 2. The summed E-state index contributed by atoms with van der Waals surface area (Å²) in [6.07, 6.45) is 3.16. The highest BCUT2D eigenvalue weighted by molar-refractivity contribution is 9.10. The zero-order valence-corrected chi connectivity index (χ0v) is 12.3. The van der Waals surface area contributed by atoms with Gasteiger partial charge in [0.25, 0.3) is 0 Å². The molecule has 0 spiro atoms. The summed E-state index contributed by atoms with van der Waals surface area (Å²) < 4.78 is 19.9. The zero-order chi connectivity index (χ0) is 14.1. The number of halogens is 3. The Kier molecular flexibility index (Phi) is 3.54. The third-order valence-corrected chi connectivity index (χ3v) is 3.63. The van der Waals surface area contributed by atoms with E-state index in [4.69, 9.17) is 16.3 Å². The molecule has 0 saturated heterocycles. The number of pyridine rings is 2. The van der Waals surface area contributed by atoms with Crippen molar-refractivity contribution in [3.05, 3.63) is 58.2 Å². The van der Waals surface area contributed by atoms with E-state index < -0.39 is 5.82 Å². The molecule has 0 aliphatic carbocycles. The molecule has 0 aliphatic heterocycles. The van der Waals surface area contributed by atoms with Gasteiger partial charge in [0.1, 0.15) is 5.15 Å². The van der Waals surface area contributed by atoms with Gasteiger partial charge in [-0.15, -0.1) is 0 Å². The Balaban J connectivity index is 2.18. The first-order chi connectivity index (χ1) is 9.66. The molecule has 3 aromatic rings. The van der Waals surface area contributed by atoms with E-state index in [0.29, 0.717) is 5.39 Å². The smallest absolute Gasteiger partial charge is 0.230 e. The lowest BCUT2D eigenvalue weighted by atomic mass is 10.2. The van der Waals surface area contributed by atoms with Crippen molar-refractivity contribution in [1.29, 1.82) is 0 Å². The van der Waals surface area contributed by atoms with Gasteiger partial charge in [0.05, 0.1) is 5.39 Å². The normalized spacial score (nSPS) is 10.8. The molecule has 3 nitrogen and oxygen atoms in total. The number of fused-ring (bicyclic) bond motifs is 1. The molecule has 0 bridgehead atoms. The lowest BCUT2D eigenvalue weighted by Crippen LogP contribution is -1.93. The number of ether oxygens (including phenoxy) is 1. The Morgan fingerprint density at radius 3 is 2.75 bits per heavy atom. The molecular formula is C14H7BrClFN2O. The first-order valence-electron chi connectivity index (χ1n) is 5.68. The molecule has 0 atom stereocenters. The van der Waals surface area contributed by atoms with Crippen LogP contribution in [0.15, 0.2) is 47.2 Å². The van der Waals surface area contributed by atoms with Crippen LogP contribution in [0.3, 0.4) is 0 Å². The van der Waals surface area contributed by atoms with Crippen LogP contribution < -0.4 is 4.74 Å². The molecule has 0 unspecified atom stereocenters. The predicted octanol–water partition coefficient (Wildman–Crippen LogP) is 4.98. The highest BCUT2D eigenvalue weighted by atomic mass is 79.9. The molecule has 0 saturated carbocycles. The quantitative estimate of drug-likeness (QED) is 0.610. The van der Waals surface area contributed by atoms with Crippen LogP contribution in [-0.2, 0) is 0 Å². The number of para-hydroxylation sites is 1. The van der Waals surface area contributed by atoms with Crippen LogP contribution in [-0.4, -0.2) is 9.97 Å². The van der Waals surface area contributed by atoms with Crippen LogP contribution in [0, 0.1) is 5.82 Å². The summed E-state index contributed by atoms with van der Waals surface area (Å²) in [6, 6.07) is 7.88. The van der Waals surface area contributed by atoms with E-state index >= 15 is 0 Å². The molecule has 20 heavy (non-hydrogen) atoms. The van der Waals surface area contributed by atoms with Gasteiger partial charge >= 0.3 is 0 Å². The fraction of sp³-hybridized carbons (Fsp3) is 0. The van der Waals surface area contributed by atoms with Crippen LogP contribution >= 0.6 is 27.5 Å². The van der Waals surface area contributed by atoms with E-state index in [9.17, 15) is 4.39 Å². The van der Waals surface area contributed by atoms with Crippen molar-refractivity contribution in [2.45, 2.75) is 0 Å². The summed E-state index contributed by atoms with van der Waals surface area (Å²) >= 11 is 9.48. The van der Waals surface area contributed by atoms with E-state index in [1.807, 2.05) is 0 Å². The molecule has 0 fully saturated rings. The van der Waals surface area contributed by atoms with E-state index in [1.165, 1.54) is 12.1 Å². The van der Waals surface area contributed by atoms with Crippen molar-refractivity contribution in [3.63, 3.8) is 0 Å². The Morgan fingerprint density at radius 2 is 1.95 bits per heavy atom. The number of hydrogen-bond acceptors (Lipinski definition) is 3. The van der Waals surface area contributed by atoms with Crippen molar-refractivity contribution in [3.8, 4) is 11.6 Å². The third kappa shape index (κ3) is 2.34. The fourth-order valence-electron chi connectivity index (χ4n) is 1.80. The summed E-state index contributed by atoms with van der Waals surface area (Å²) in [6.45, 7) is 0. The Labute approximate surface area is 127 Å². The average Bonchev–Trinajstić information content (AvgIpc) is 2.45. The van der Waals surface area contributed by atoms with Gasteiger partial charge in [0, 0.05) is 22.3 Å². The SMILES string of the molecule is Fc1ccccc1Oc1nccc2c(Br)cnc(Cl)c12. The minimum Gasteiger partial charge on any atom is -0.435 e. The number of rotatable bonds is 2. The highest BCUT2D eigenvalue weighted by Gasteiger charge is 2.13. The summed E-state index contributed by atoms with van der Waals surface area (Å²) in [5.41, 5.74) is 0. The molecule has 0 radical (unpaired) electrons. The lowest BCUT2D eigenvalue weighted by Gasteiger charge is -2.09. The zero-order valence-electron chi connectivity index (χ0n) is 9.98. The van der Waals surface area contributed by atoms with Gasteiger partial charge in [-0.25, -0.2) is 14.4 Å². The monoisotopic (exact) mass is 352 g/mol. The van der Waals surface area contributed by atoms with E-state index in [2.05, 4.69) is 25.9 Å². The standard InChI is InChI=1S/C14H7BrClFN2O/c15-9-7-19-13(16)12-8(9)5-6-18-14(12)20-11-4-2-1-3-10(11)17/h1-7H. The van der Waals surface area contributed by atoms with Crippen LogP contribution in [0.5, 0.6) is 11.6 Å². The first kappa shape index (κ1) is 13.3. The topological polar surface area (TPSA) is 35.0 Å². The number of benzene rings is 1. The van der Waals surface area contributed by atoms with Crippen molar-refractivity contribution in [2.75, 3.05) is 0 Å². The Hall–Kier alpha value is -1.72. The maximum absolute atomic E-state index is 13.6. The van der Waals surface area contributed by atoms with Gasteiger partial charge in [-0.1, -0.05) is 23.7 Å². The van der Waals surface area contributed by atoms with Crippen LogP contribution in [0.25, 0.3) is 10.8 Å². The fourth-order valence-corrected chi connectivity index (χ4v) is 2.46. The van der Waals surface area contributed by atoms with Gasteiger partial charge in [-0.2, -0.15) is 0 Å². The second-order valence-corrected chi connectivity index (χ2v) is 5.18. The molecule has 0 amide bonds. The number of nitrogens with zero attached hydrogens (tertiary/aromatic N) is 2. The molecule has 0 N–H and O–H groups in total.